The molecule has 0 atom stereocenters. The number of oxime groups is 1. The maximum atomic E-state index is 5.21. The summed E-state index contributed by atoms with van der Waals surface area (Å²) in [5.74, 6) is 0. The Morgan fingerprint density at radius 1 is 1.40 bits per heavy atom. The van der Waals surface area contributed by atoms with Crippen molar-refractivity contribution in [3.63, 3.8) is 0 Å². The number of rotatable bonds is 5. The third kappa shape index (κ3) is 3.98. The van der Waals surface area contributed by atoms with Crippen LogP contribution in [-0.4, -0.2) is 5.71 Å². The summed E-state index contributed by atoms with van der Waals surface area (Å²) in [6.07, 6.45) is 2.75. The number of benzene rings is 1. The Kier molecular flexibility index (Phi) is 4.61. The van der Waals surface area contributed by atoms with E-state index in [0.29, 0.717) is 6.61 Å². The van der Waals surface area contributed by atoms with Gasteiger partial charge in [0.1, 0.15) is 6.61 Å². The number of nitrogens with zero attached hydrogens (tertiary/aromatic N) is 1. The van der Waals surface area contributed by atoms with Gasteiger partial charge in [-0.25, -0.2) is 0 Å². The molecule has 0 unspecified atom stereocenters. The van der Waals surface area contributed by atoms with E-state index in [0.717, 1.165) is 23.3 Å². The van der Waals surface area contributed by atoms with Crippen LogP contribution in [0, 0.1) is 0 Å². The second kappa shape index (κ2) is 6.02. The topological polar surface area (TPSA) is 21.6 Å². The summed E-state index contributed by atoms with van der Waals surface area (Å²) in [7, 11) is 0. The Bertz CT molecular complexity index is 338. The lowest BCUT2D eigenvalue weighted by atomic mass is 10.1. The molecule has 0 heterocycles. The lowest BCUT2D eigenvalue weighted by Gasteiger charge is -2.01. The van der Waals surface area contributed by atoms with E-state index in [2.05, 4.69) is 18.7 Å². The van der Waals surface area contributed by atoms with Crippen molar-refractivity contribution in [2.75, 3.05) is 0 Å². The van der Waals surface area contributed by atoms with Crippen LogP contribution >= 0.6 is 0 Å². The van der Waals surface area contributed by atoms with Crippen LogP contribution in [0.15, 0.2) is 36.0 Å². The molecule has 15 heavy (non-hydrogen) atoms. The maximum Gasteiger partial charge on any atom is 0.142 e. The van der Waals surface area contributed by atoms with E-state index in [4.69, 9.17) is 4.84 Å². The summed E-state index contributed by atoms with van der Waals surface area (Å²) < 4.78 is 0. The molecular formula is C13H17NO. The van der Waals surface area contributed by atoms with Crippen molar-refractivity contribution in [2.24, 2.45) is 5.16 Å². The predicted molar refractivity (Wildman–Crippen MR) is 64.7 cm³/mol. The van der Waals surface area contributed by atoms with Gasteiger partial charge in [-0.1, -0.05) is 49.0 Å². The highest BCUT2D eigenvalue weighted by Gasteiger charge is 1.93. The van der Waals surface area contributed by atoms with Crippen molar-refractivity contribution in [3.05, 3.63) is 42.0 Å². The first-order chi connectivity index (χ1) is 7.26. The standard InChI is InChI=1S/C13H17NO/c1-4-11(3)14-15-10-13-8-6-12(5-2)7-9-13/h5-9H,2,4,10H2,1,3H3/b14-11+. The molecule has 1 aromatic rings. The van der Waals surface area contributed by atoms with Crippen LogP contribution < -0.4 is 0 Å². The third-order valence-corrected chi connectivity index (χ3v) is 2.18. The summed E-state index contributed by atoms with van der Waals surface area (Å²) in [5, 5.41) is 3.98. The molecule has 80 valence electrons. The first-order valence-electron chi connectivity index (χ1n) is 5.13. The van der Waals surface area contributed by atoms with Gasteiger partial charge < -0.3 is 4.84 Å². The van der Waals surface area contributed by atoms with Gasteiger partial charge in [-0.2, -0.15) is 0 Å². The van der Waals surface area contributed by atoms with Crippen molar-refractivity contribution in [1.29, 1.82) is 0 Å². The second-order valence-corrected chi connectivity index (χ2v) is 3.40. The number of hydrogen-bond acceptors (Lipinski definition) is 2. The van der Waals surface area contributed by atoms with Gasteiger partial charge in [-0.15, -0.1) is 0 Å². The summed E-state index contributed by atoms with van der Waals surface area (Å²) in [5.41, 5.74) is 3.25. The van der Waals surface area contributed by atoms with E-state index in [-0.39, 0.29) is 0 Å². The van der Waals surface area contributed by atoms with Crippen molar-refractivity contribution in [3.8, 4) is 0 Å². The van der Waals surface area contributed by atoms with Gasteiger partial charge in [0.2, 0.25) is 0 Å². The molecule has 0 aliphatic rings. The molecule has 2 nitrogen and oxygen atoms in total. The van der Waals surface area contributed by atoms with Crippen molar-refractivity contribution < 1.29 is 4.84 Å². The Morgan fingerprint density at radius 3 is 2.60 bits per heavy atom. The van der Waals surface area contributed by atoms with Crippen LogP contribution in [0.4, 0.5) is 0 Å². The van der Waals surface area contributed by atoms with Crippen LogP contribution in [0.3, 0.4) is 0 Å². The fraction of sp³-hybridized carbons (Fsp3) is 0.308. The van der Waals surface area contributed by atoms with Crippen molar-refractivity contribution in [1.82, 2.24) is 0 Å². The molecule has 0 aromatic heterocycles. The molecule has 0 aliphatic heterocycles. The highest BCUT2D eigenvalue weighted by atomic mass is 16.6. The van der Waals surface area contributed by atoms with Crippen LogP contribution in [0.5, 0.6) is 0 Å². The fourth-order valence-electron chi connectivity index (χ4n) is 1.03. The molecule has 0 radical (unpaired) electrons. The SMILES string of the molecule is C=Cc1ccc(CO/N=C(\C)CC)cc1. The molecule has 0 N–H and O–H groups in total. The molecule has 0 bridgehead atoms. The highest BCUT2D eigenvalue weighted by Crippen LogP contribution is 2.06. The number of hydrogen-bond donors (Lipinski definition) is 0. The fourth-order valence-corrected chi connectivity index (χ4v) is 1.03. The first-order valence-corrected chi connectivity index (χ1v) is 5.13. The largest absolute Gasteiger partial charge is 0.391 e. The molecular weight excluding hydrogens is 186 g/mol. The Morgan fingerprint density at radius 2 is 2.07 bits per heavy atom. The molecule has 0 amide bonds. The summed E-state index contributed by atoms with van der Waals surface area (Å²) >= 11 is 0. The average molecular weight is 203 g/mol. The second-order valence-electron chi connectivity index (χ2n) is 3.40. The zero-order valence-electron chi connectivity index (χ0n) is 9.36. The van der Waals surface area contributed by atoms with Gasteiger partial charge in [0.15, 0.2) is 0 Å². The van der Waals surface area contributed by atoms with E-state index in [1.54, 1.807) is 0 Å². The van der Waals surface area contributed by atoms with E-state index in [9.17, 15) is 0 Å². The lowest BCUT2D eigenvalue weighted by molar-refractivity contribution is 0.130. The van der Waals surface area contributed by atoms with Gasteiger partial charge in [-0.3, -0.25) is 0 Å². The third-order valence-electron chi connectivity index (χ3n) is 2.18. The van der Waals surface area contributed by atoms with E-state index < -0.39 is 0 Å². The maximum absolute atomic E-state index is 5.21. The van der Waals surface area contributed by atoms with E-state index in [1.165, 1.54) is 0 Å². The Balaban J connectivity index is 2.48. The molecule has 1 rings (SSSR count). The van der Waals surface area contributed by atoms with Crippen LogP contribution in [0.1, 0.15) is 31.4 Å². The van der Waals surface area contributed by atoms with Gasteiger partial charge >= 0.3 is 0 Å². The van der Waals surface area contributed by atoms with Crippen molar-refractivity contribution >= 4 is 11.8 Å². The first kappa shape index (κ1) is 11.5. The highest BCUT2D eigenvalue weighted by molar-refractivity contribution is 5.80. The summed E-state index contributed by atoms with van der Waals surface area (Å²) in [6, 6.07) is 8.08. The van der Waals surface area contributed by atoms with Crippen LogP contribution in [-0.2, 0) is 11.4 Å². The lowest BCUT2D eigenvalue weighted by Crippen LogP contribution is -1.92. The zero-order valence-corrected chi connectivity index (χ0v) is 9.36. The zero-order chi connectivity index (χ0) is 11.1. The van der Waals surface area contributed by atoms with E-state index in [1.807, 2.05) is 37.3 Å². The predicted octanol–water partition coefficient (Wildman–Crippen LogP) is 3.63. The normalized spacial score (nSPS) is 11.2. The minimum absolute atomic E-state index is 0.523. The van der Waals surface area contributed by atoms with Gasteiger partial charge in [-0.05, 0) is 24.5 Å². The molecule has 0 saturated carbocycles. The van der Waals surface area contributed by atoms with E-state index >= 15 is 0 Å². The molecule has 0 aliphatic carbocycles. The Labute approximate surface area is 91.3 Å². The average Bonchev–Trinajstić information content (AvgIpc) is 2.29. The van der Waals surface area contributed by atoms with Crippen LogP contribution in [0.2, 0.25) is 0 Å². The molecule has 2 heteroatoms. The van der Waals surface area contributed by atoms with Crippen LogP contribution in [0.25, 0.3) is 6.08 Å². The van der Waals surface area contributed by atoms with Gasteiger partial charge in [0.25, 0.3) is 0 Å². The van der Waals surface area contributed by atoms with Gasteiger partial charge in [0, 0.05) is 0 Å². The smallest absolute Gasteiger partial charge is 0.142 e. The molecule has 0 saturated heterocycles. The quantitative estimate of drug-likeness (QED) is 0.529. The van der Waals surface area contributed by atoms with Gasteiger partial charge in [0.05, 0.1) is 5.71 Å². The summed E-state index contributed by atoms with van der Waals surface area (Å²) in [4.78, 5) is 5.21. The Hall–Kier alpha value is -1.57. The summed E-state index contributed by atoms with van der Waals surface area (Å²) in [6.45, 7) is 8.24. The molecule has 1 aromatic carbocycles. The monoisotopic (exact) mass is 203 g/mol. The van der Waals surface area contributed by atoms with Crippen molar-refractivity contribution in [2.45, 2.75) is 26.9 Å². The molecule has 0 spiro atoms. The minimum atomic E-state index is 0.523. The minimum Gasteiger partial charge on any atom is -0.391 e. The molecule has 0 fully saturated rings.